The third-order valence-electron chi connectivity index (χ3n) is 2.82. The van der Waals surface area contributed by atoms with Gasteiger partial charge in [0.2, 0.25) is 5.91 Å². The molecule has 5 heteroatoms. The lowest BCUT2D eigenvalue weighted by atomic mass is 10.1. The summed E-state index contributed by atoms with van der Waals surface area (Å²) in [6, 6.07) is 8.22. The Morgan fingerprint density at radius 3 is 2.89 bits per heavy atom. The molecule has 98 valence electrons. The SMILES string of the molecule is CC(CN)C(=O)NCc1csc2ccccc12.Cl. The Morgan fingerprint density at radius 1 is 1.44 bits per heavy atom. The van der Waals surface area contributed by atoms with Crippen LogP contribution in [0.5, 0.6) is 0 Å². The zero-order valence-corrected chi connectivity index (χ0v) is 11.8. The number of halogens is 1. The van der Waals surface area contributed by atoms with Crippen molar-refractivity contribution in [2.75, 3.05) is 6.54 Å². The number of hydrogen-bond acceptors (Lipinski definition) is 3. The van der Waals surface area contributed by atoms with E-state index in [-0.39, 0.29) is 24.2 Å². The average Bonchev–Trinajstić information content (AvgIpc) is 2.78. The summed E-state index contributed by atoms with van der Waals surface area (Å²) in [5, 5.41) is 6.23. The van der Waals surface area contributed by atoms with E-state index in [1.165, 1.54) is 15.6 Å². The molecule has 2 aromatic rings. The topological polar surface area (TPSA) is 55.1 Å². The largest absolute Gasteiger partial charge is 0.352 e. The summed E-state index contributed by atoms with van der Waals surface area (Å²) in [7, 11) is 0. The number of rotatable bonds is 4. The van der Waals surface area contributed by atoms with Crippen LogP contribution < -0.4 is 11.1 Å². The predicted octanol–water partition coefficient (Wildman–Crippen LogP) is 2.53. The molecule has 3 nitrogen and oxygen atoms in total. The van der Waals surface area contributed by atoms with Crippen LogP contribution in [0.4, 0.5) is 0 Å². The van der Waals surface area contributed by atoms with Gasteiger partial charge in [-0.15, -0.1) is 23.7 Å². The molecule has 1 amide bonds. The second-order valence-corrected chi connectivity index (χ2v) is 5.02. The summed E-state index contributed by atoms with van der Waals surface area (Å²) in [6.45, 7) is 2.80. The number of fused-ring (bicyclic) bond motifs is 1. The van der Waals surface area contributed by atoms with Gasteiger partial charge < -0.3 is 11.1 Å². The fraction of sp³-hybridized carbons (Fsp3) is 0.308. The Balaban J connectivity index is 0.00000162. The molecular formula is C13H17ClN2OS. The molecule has 1 heterocycles. The molecule has 0 aliphatic rings. The van der Waals surface area contributed by atoms with Crippen molar-refractivity contribution in [3.8, 4) is 0 Å². The molecule has 0 radical (unpaired) electrons. The van der Waals surface area contributed by atoms with Gasteiger partial charge in [-0.3, -0.25) is 4.79 Å². The van der Waals surface area contributed by atoms with E-state index in [9.17, 15) is 4.79 Å². The number of benzene rings is 1. The number of nitrogens with two attached hydrogens (primary N) is 1. The molecule has 0 spiro atoms. The van der Waals surface area contributed by atoms with Crippen molar-refractivity contribution in [3.05, 3.63) is 35.2 Å². The van der Waals surface area contributed by atoms with Crippen LogP contribution in [-0.4, -0.2) is 12.5 Å². The van der Waals surface area contributed by atoms with Crippen LogP contribution in [0, 0.1) is 5.92 Å². The minimum atomic E-state index is -0.125. The zero-order valence-electron chi connectivity index (χ0n) is 10.2. The van der Waals surface area contributed by atoms with Gasteiger partial charge in [-0.25, -0.2) is 0 Å². The number of nitrogens with one attached hydrogen (secondary N) is 1. The average molecular weight is 285 g/mol. The predicted molar refractivity (Wildman–Crippen MR) is 79.1 cm³/mol. The van der Waals surface area contributed by atoms with Crippen molar-refractivity contribution in [1.82, 2.24) is 5.32 Å². The summed E-state index contributed by atoms with van der Waals surface area (Å²) >= 11 is 1.70. The van der Waals surface area contributed by atoms with Gasteiger partial charge in [-0.2, -0.15) is 0 Å². The highest BCUT2D eigenvalue weighted by Gasteiger charge is 2.11. The molecule has 18 heavy (non-hydrogen) atoms. The minimum Gasteiger partial charge on any atom is -0.352 e. The third-order valence-corrected chi connectivity index (χ3v) is 3.83. The molecule has 0 aliphatic heterocycles. The zero-order chi connectivity index (χ0) is 12.3. The first-order valence-corrected chi connectivity index (χ1v) is 6.53. The van der Waals surface area contributed by atoms with Gasteiger partial charge in [0.1, 0.15) is 0 Å². The number of thiophene rings is 1. The molecule has 0 bridgehead atoms. The Labute approximate surface area is 117 Å². The van der Waals surface area contributed by atoms with Crippen molar-refractivity contribution in [1.29, 1.82) is 0 Å². The van der Waals surface area contributed by atoms with E-state index in [0.29, 0.717) is 13.1 Å². The normalized spacial score (nSPS) is 11.9. The van der Waals surface area contributed by atoms with E-state index in [1.807, 2.05) is 19.1 Å². The van der Waals surface area contributed by atoms with Gasteiger partial charge in [0.25, 0.3) is 0 Å². The van der Waals surface area contributed by atoms with Crippen LogP contribution in [0.2, 0.25) is 0 Å². The summed E-state index contributed by atoms with van der Waals surface area (Å²) in [5.74, 6) is -0.109. The first-order chi connectivity index (χ1) is 8.22. The Bertz CT molecular complexity index is 526. The Morgan fingerprint density at radius 2 is 2.17 bits per heavy atom. The third kappa shape index (κ3) is 3.22. The molecule has 1 aromatic heterocycles. The molecule has 1 unspecified atom stereocenters. The Hall–Kier alpha value is -1.10. The lowest BCUT2D eigenvalue weighted by molar-refractivity contribution is -0.124. The highest BCUT2D eigenvalue weighted by atomic mass is 35.5. The van der Waals surface area contributed by atoms with Crippen molar-refractivity contribution in [3.63, 3.8) is 0 Å². The van der Waals surface area contributed by atoms with E-state index in [4.69, 9.17) is 5.73 Å². The highest BCUT2D eigenvalue weighted by Crippen LogP contribution is 2.25. The molecule has 1 aromatic carbocycles. The molecule has 1 atom stereocenters. The van der Waals surface area contributed by atoms with Crippen LogP contribution in [0.25, 0.3) is 10.1 Å². The summed E-state index contributed by atoms with van der Waals surface area (Å²) < 4.78 is 1.25. The molecule has 0 aliphatic carbocycles. The smallest absolute Gasteiger partial charge is 0.224 e. The van der Waals surface area contributed by atoms with Gasteiger partial charge in [0.05, 0.1) is 0 Å². The molecule has 3 N–H and O–H groups in total. The fourth-order valence-electron chi connectivity index (χ4n) is 1.63. The number of carbonyl (C=O) groups excluding carboxylic acids is 1. The second-order valence-electron chi connectivity index (χ2n) is 4.11. The summed E-state index contributed by atoms with van der Waals surface area (Å²) in [4.78, 5) is 11.6. The standard InChI is InChI=1S/C13H16N2OS.ClH/c1-9(6-14)13(16)15-7-10-8-17-12-5-3-2-4-11(10)12;/h2-5,8-9H,6-7,14H2,1H3,(H,15,16);1H. The van der Waals surface area contributed by atoms with Gasteiger partial charge >= 0.3 is 0 Å². The van der Waals surface area contributed by atoms with Crippen molar-refractivity contribution >= 4 is 39.7 Å². The van der Waals surface area contributed by atoms with Gasteiger partial charge in [-0.05, 0) is 22.4 Å². The van der Waals surface area contributed by atoms with E-state index >= 15 is 0 Å². The summed E-state index contributed by atoms with van der Waals surface area (Å²) in [5.41, 5.74) is 6.62. The van der Waals surface area contributed by atoms with E-state index in [0.717, 1.165) is 0 Å². The monoisotopic (exact) mass is 284 g/mol. The fourth-order valence-corrected chi connectivity index (χ4v) is 2.60. The van der Waals surface area contributed by atoms with Gasteiger partial charge in [0, 0.05) is 23.7 Å². The maximum Gasteiger partial charge on any atom is 0.224 e. The molecular weight excluding hydrogens is 268 g/mol. The molecule has 2 rings (SSSR count). The first-order valence-electron chi connectivity index (χ1n) is 5.65. The quantitative estimate of drug-likeness (QED) is 0.906. The van der Waals surface area contributed by atoms with Crippen LogP contribution in [0.1, 0.15) is 12.5 Å². The number of hydrogen-bond donors (Lipinski definition) is 2. The van der Waals surface area contributed by atoms with Crippen molar-refractivity contribution < 1.29 is 4.79 Å². The maximum absolute atomic E-state index is 11.6. The Kier molecular flexibility index (Phi) is 5.59. The maximum atomic E-state index is 11.6. The number of carbonyl (C=O) groups is 1. The number of amides is 1. The van der Waals surface area contributed by atoms with Gasteiger partial charge in [0.15, 0.2) is 0 Å². The lowest BCUT2D eigenvalue weighted by Gasteiger charge is -2.09. The highest BCUT2D eigenvalue weighted by molar-refractivity contribution is 7.17. The van der Waals surface area contributed by atoms with Crippen molar-refractivity contribution in [2.24, 2.45) is 11.7 Å². The van der Waals surface area contributed by atoms with Crippen LogP contribution >= 0.6 is 23.7 Å². The molecule has 0 saturated heterocycles. The van der Waals surface area contributed by atoms with Crippen LogP contribution in [0.15, 0.2) is 29.6 Å². The summed E-state index contributed by atoms with van der Waals surface area (Å²) in [6.07, 6.45) is 0. The van der Waals surface area contributed by atoms with Crippen LogP contribution in [-0.2, 0) is 11.3 Å². The molecule has 0 fully saturated rings. The van der Waals surface area contributed by atoms with Crippen molar-refractivity contribution in [2.45, 2.75) is 13.5 Å². The minimum absolute atomic E-state index is 0. The second kappa shape index (κ2) is 6.73. The van der Waals surface area contributed by atoms with E-state index in [2.05, 4.69) is 22.8 Å². The van der Waals surface area contributed by atoms with E-state index in [1.54, 1.807) is 11.3 Å². The van der Waals surface area contributed by atoms with Crippen LogP contribution in [0.3, 0.4) is 0 Å². The van der Waals surface area contributed by atoms with E-state index < -0.39 is 0 Å². The first kappa shape index (κ1) is 15.0. The lowest BCUT2D eigenvalue weighted by Crippen LogP contribution is -2.32. The molecule has 0 saturated carbocycles. The van der Waals surface area contributed by atoms with Gasteiger partial charge in [-0.1, -0.05) is 25.1 Å².